The molecule has 3 aromatic rings. The molecular formula is C16H19N2O4P. The summed E-state index contributed by atoms with van der Waals surface area (Å²) in [5.74, 6) is 1.34. The Labute approximate surface area is 133 Å². The van der Waals surface area contributed by atoms with Crippen molar-refractivity contribution in [2.75, 3.05) is 0 Å². The van der Waals surface area contributed by atoms with Gasteiger partial charge in [0.1, 0.15) is 0 Å². The van der Waals surface area contributed by atoms with Crippen LogP contribution in [-0.4, -0.2) is 19.3 Å². The second-order valence-electron chi connectivity index (χ2n) is 6.06. The number of benzene rings is 1. The van der Waals surface area contributed by atoms with Gasteiger partial charge in [0.15, 0.2) is 11.6 Å². The fourth-order valence-corrected chi connectivity index (χ4v) is 3.12. The largest absolute Gasteiger partial charge is 0.445 e. The molecule has 0 saturated heterocycles. The third-order valence-corrected chi connectivity index (χ3v) is 4.44. The zero-order valence-electron chi connectivity index (χ0n) is 13.2. The Morgan fingerprint density at radius 2 is 2.00 bits per heavy atom. The third-order valence-electron chi connectivity index (χ3n) is 3.63. The van der Waals surface area contributed by atoms with E-state index in [0.717, 1.165) is 23.1 Å². The van der Waals surface area contributed by atoms with Gasteiger partial charge in [-0.3, -0.25) is 4.57 Å². The lowest BCUT2D eigenvalue weighted by atomic mass is 10.2. The summed E-state index contributed by atoms with van der Waals surface area (Å²) in [6, 6.07) is 8.82. The highest BCUT2D eigenvalue weighted by Gasteiger charge is 2.24. The number of aryl methyl sites for hydroxylation is 1. The predicted molar refractivity (Wildman–Crippen MR) is 88.7 cm³/mol. The number of nitrogens with zero attached hydrogens (tertiary/aromatic N) is 2. The maximum absolute atomic E-state index is 11.3. The van der Waals surface area contributed by atoms with Crippen LogP contribution in [0.15, 0.2) is 34.7 Å². The molecule has 1 aromatic carbocycles. The van der Waals surface area contributed by atoms with E-state index in [2.05, 4.69) is 18.8 Å². The van der Waals surface area contributed by atoms with Crippen LogP contribution in [0.2, 0.25) is 0 Å². The average molecular weight is 334 g/mol. The topological polar surface area (TPSA) is 88.5 Å². The molecule has 0 fully saturated rings. The molecule has 23 heavy (non-hydrogen) atoms. The van der Waals surface area contributed by atoms with E-state index in [-0.39, 0.29) is 5.50 Å². The monoisotopic (exact) mass is 334 g/mol. The summed E-state index contributed by atoms with van der Waals surface area (Å²) < 4.78 is 18.8. The molecule has 122 valence electrons. The summed E-state index contributed by atoms with van der Waals surface area (Å²) in [7, 11) is -4.41. The molecule has 0 saturated carbocycles. The highest BCUT2D eigenvalue weighted by atomic mass is 31.2. The maximum Gasteiger partial charge on any atom is 0.391 e. The lowest BCUT2D eigenvalue weighted by Crippen LogP contribution is -2.06. The normalized spacial score (nSPS) is 12.4. The molecule has 0 aliphatic carbocycles. The van der Waals surface area contributed by atoms with Crippen molar-refractivity contribution in [2.24, 2.45) is 5.92 Å². The van der Waals surface area contributed by atoms with Crippen LogP contribution in [0, 0.1) is 12.8 Å². The van der Waals surface area contributed by atoms with E-state index >= 15 is 0 Å². The van der Waals surface area contributed by atoms with Gasteiger partial charge in [0.05, 0.1) is 11.0 Å². The van der Waals surface area contributed by atoms with E-state index in [1.54, 1.807) is 6.07 Å². The molecule has 7 heteroatoms. The number of rotatable bonds is 4. The van der Waals surface area contributed by atoms with Gasteiger partial charge in [0.25, 0.3) is 0 Å². The fraction of sp³-hybridized carbons (Fsp3) is 0.312. The summed E-state index contributed by atoms with van der Waals surface area (Å²) >= 11 is 0. The van der Waals surface area contributed by atoms with Crippen molar-refractivity contribution in [2.45, 2.75) is 27.3 Å². The van der Waals surface area contributed by atoms with E-state index in [9.17, 15) is 14.4 Å². The van der Waals surface area contributed by atoms with Crippen LogP contribution in [0.1, 0.15) is 19.4 Å². The quantitative estimate of drug-likeness (QED) is 0.716. The number of imidazole rings is 1. The minimum absolute atomic E-state index is 0.340. The van der Waals surface area contributed by atoms with Crippen molar-refractivity contribution in [3.8, 4) is 11.6 Å². The van der Waals surface area contributed by atoms with E-state index < -0.39 is 7.60 Å². The number of hydrogen-bond donors (Lipinski definition) is 2. The summed E-state index contributed by atoms with van der Waals surface area (Å²) in [6.45, 7) is 6.94. The summed E-state index contributed by atoms with van der Waals surface area (Å²) in [5, 5.41) is 0. The van der Waals surface area contributed by atoms with Gasteiger partial charge in [-0.15, -0.1) is 0 Å². The highest BCUT2D eigenvalue weighted by molar-refractivity contribution is 7.59. The Morgan fingerprint density at radius 1 is 1.26 bits per heavy atom. The van der Waals surface area contributed by atoms with Gasteiger partial charge in [-0.1, -0.05) is 26.0 Å². The van der Waals surface area contributed by atoms with Crippen molar-refractivity contribution in [3.63, 3.8) is 0 Å². The molecular weight excluding hydrogens is 315 g/mol. The van der Waals surface area contributed by atoms with Crippen LogP contribution in [0.3, 0.4) is 0 Å². The molecule has 6 nitrogen and oxygen atoms in total. The predicted octanol–water partition coefficient (Wildman–Crippen LogP) is 3.06. The van der Waals surface area contributed by atoms with Crippen LogP contribution in [-0.2, 0) is 11.1 Å². The Balaban J connectivity index is 2.22. The smallest absolute Gasteiger partial charge is 0.391 e. The molecule has 0 radical (unpaired) electrons. The second kappa shape index (κ2) is 5.64. The van der Waals surface area contributed by atoms with Crippen LogP contribution in [0.25, 0.3) is 22.6 Å². The van der Waals surface area contributed by atoms with Gasteiger partial charge >= 0.3 is 7.60 Å². The molecule has 0 aliphatic heterocycles. The van der Waals surface area contributed by atoms with Gasteiger partial charge in [-0.2, -0.15) is 0 Å². The SMILES string of the molecule is Cc1cccc2c1nc(-c1ccc(P(=O)(O)O)o1)n2CC(C)C. The van der Waals surface area contributed by atoms with Gasteiger partial charge in [-0.25, -0.2) is 4.98 Å². The first-order valence-electron chi connectivity index (χ1n) is 7.39. The van der Waals surface area contributed by atoms with Gasteiger partial charge in [0.2, 0.25) is 5.50 Å². The average Bonchev–Trinajstić information content (AvgIpc) is 3.04. The third kappa shape index (κ3) is 2.98. The Kier molecular flexibility index (Phi) is 3.92. The standard InChI is InChI=1S/C16H19N2O4P/c1-10(2)9-18-12-6-4-5-11(3)15(12)17-16(18)13-7-8-14(22-13)23(19,20)21/h4-8,10H,9H2,1-3H3,(H2,19,20,21). The van der Waals surface area contributed by atoms with Crippen LogP contribution < -0.4 is 5.50 Å². The van der Waals surface area contributed by atoms with Crippen molar-refractivity contribution in [3.05, 3.63) is 35.9 Å². The summed E-state index contributed by atoms with van der Waals surface area (Å²) in [4.78, 5) is 23.1. The molecule has 2 heterocycles. The molecule has 2 aromatic heterocycles. The first kappa shape index (κ1) is 16.0. The van der Waals surface area contributed by atoms with Crippen LogP contribution in [0.5, 0.6) is 0 Å². The summed E-state index contributed by atoms with van der Waals surface area (Å²) in [6.07, 6.45) is 0. The van der Waals surface area contributed by atoms with E-state index in [0.29, 0.717) is 17.5 Å². The summed E-state index contributed by atoms with van der Waals surface area (Å²) in [5.41, 5.74) is 2.57. The second-order valence-corrected chi connectivity index (χ2v) is 7.59. The van der Waals surface area contributed by atoms with E-state index in [1.165, 1.54) is 6.07 Å². The maximum atomic E-state index is 11.3. The van der Waals surface area contributed by atoms with Crippen LogP contribution in [0.4, 0.5) is 0 Å². The molecule has 0 atom stereocenters. The van der Waals surface area contributed by atoms with Crippen LogP contribution >= 0.6 is 7.60 Å². The van der Waals surface area contributed by atoms with Crippen molar-refractivity contribution < 1.29 is 18.8 Å². The Bertz CT molecular complexity index is 904. The van der Waals surface area contributed by atoms with Gasteiger partial charge < -0.3 is 18.8 Å². The Hall–Kier alpha value is -1.88. The number of hydrogen-bond acceptors (Lipinski definition) is 3. The van der Waals surface area contributed by atoms with E-state index in [4.69, 9.17) is 4.42 Å². The molecule has 0 spiro atoms. The lowest BCUT2D eigenvalue weighted by molar-refractivity contribution is 0.377. The molecule has 0 bridgehead atoms. The number of fused-ring (bicyclic) bond motifs is 1. The number of aromatic nitrogens is 2. The molecule has 0 aliphatic rings. The number of furan rings is 1. The zero-order chi connectivity index (χ0) is 16.8. The lowest BCUT2D eigenvalue weighted by Gasteiger charge is -2.10. The molecule has 0 unspecified atom stereocenters. The molecule has 3 rings (SSSR count). The first-order valence-corrected chi connectivity index (χ1v) is 9.01. The molecule has 2 N–H and O–H groups in total. The highest BCUT2D eigenvalue weighted by Crippen LogP contribution is 2.36. The minimum atomic E-state index is -4.41. The first-order chi connectivity index (χ1) is 10.8. The van der Waals surface area contributed by atoms with Crippen molar-refractivity contribution in [1.29, 1.82) is 0 Å². The van der Waals surface area contributed by atoms with Crippen molar-refractivity contribution >= 4 is 24.1 Å². The number of para-hydroxylation sites is 1. The molecule has 0 amide bonds. The zero-order valence-corrected chi connectivity index (χ0v) is 14.1. The Morgan fingerprint density at radius 3 is 2.61 bits per heavy atom. The van der Waals surface area contributed by atoms with Crippen molar-refractivity contribution in [1.82, 2.24) is 9.55 Å². The minimum Gasteiger partial charge on any atom is -0.445 e. The fourth-order valence-electron chi connectivity index (χ4n) is 2.63. The van der Waals surface area contributed by atoms with Gasteiger partial charge in [0, 0.05) is 6.54 Å². The van der Waals surface area contributed by atoms with Gasteiger partial charge in [-0.05, 0) is 36.6 Å². The van der Waals surface area contributed by atoms with E-state index in [1.807, 2.05) is 29.7 Å².